The first kappa shape index (κ1) is 47.9. The lowest BCUT2D eigenvalue weighted by atomic mass is 9.65. The first-order chi connectivity index (χ1) is 25.3. The third-order valence-corrected chi connectivity index (χ3v) is 13.5. The number of rotatable bonds is 11. The molecule has 4 saturated carbocycles. The SMILES string of the molecule is CC1CCC(C)C(C)(C)C1.CO.COC1C(CN2CCCO2)CCCC1C1CC(C(=O)NC(CC2CCCCC2)CN(C)C)CC(N(C)C)C1.NC=O. The molecule has 0 aromatic heterocycles. The van der Waals surface area contributed by atoms with Crippen molar-refractivity contribution in [1.29, 1.82) is 0 Å². The zero-order valence-corrected chi connectivity index (χ0v) is 36.0. The molecule has 0 bridgehead atoms. The molecule has 0 spiro atoms. The van der Waals surface area contributed by atoms with Crippen molar-refractivity contribution in [2.24, 2.45) is 52.6 Å². The highest BCUT2D eigenvalue weighted by atomic mass is 16.7. The van der Waals surface area contributed by atoms with Crippen molar-refractivity contribution >= 4 is 12.3 Å². The third-order valence-electron chi connectivity index (χ3n) is 13.5. The average Bonchev–Trinajstić information content (AvgIpc) is 3.64. The fraction of sp³-hybridized carbons (Fsp3) is 0.953. The van der Waals surface area contributed by atoms with Crippen molar-refractivity contribution < 1.29 is 24.3 Å². The first-order valence-corrected chi connectivity index (χ1v) is 21.4. The van der Waals surface area contributed by atoms with Gasteiger partial charge in [0.2, 0.25) is 12.3 Å². The number of aliphatic hydroxyl groups excluding tert-OH is 1. The summed E-state index contributed by atoms with van der Waals surface area (Å²) in [6.45, 7) is 13.4. The van der Waals surface area contributed by atoms with Crippen LogP contribution in [0.1, 0.15) is 130 Å². The first-order valence-electron chi connectivity index (χ1n) is 21.4. The molecule has 10 heteroatoms. The number of hydrogen-bond donors (Lipinski definition) is 3. The molecule has 5 aliphatic rings. The van der Waals surface area contributed by atoms with Crippen LogP contribution in [0.15, 0.2) is 0 Å². The summed E-state index contributed by atoms with van der Waals surface area (Å²) in [5, 5.41) is 12.8. The molecule has 1 heterocycles. The van der Waals surface area contributed by atoms with Gasteiger partial charge in [0.1, 0.15) is 0 Å². The molecule has 4 N–H and O–H groups in total. The van der Waals surface area contributed by atoms with E-state index in [2.05, 4.69) is 81.8 Å². The summed E-state index contributed by atoms with van der Waals surface area (Å²) in [6, 6.07) is 0.708. The summed E-state index contributed by atoms with van der Waals surface area (Å²) in [5.74, 6) is 4.64. The molecule has 1 saturated heterocycles. The smallest absolute Gasteiger partial charge is 0.223 e. The van der Waals surface area contributed by atoms with Crippen LogP contribution in [0.25, 0.3) is 0 Å². The Balaban J connectivity index is 0.000000545. The monoisotopic (exact) mass is 752 g/mol. The molecule has 5 fully saturated rings. The fourth-order valence-electron chi connectivity index (χ4n) is 10.5. The van der Waals surface area contributed by atoms with Crippen LogP contribution in [0.5, 0.6) is 0 Å². The van der Waals surface area contributed by atoms with Gasteiger partial charge in [0.25, 0.3) is 0 Å². The summed E-state index contributed by atoms with van der Waals surface area (Å²) in [6.07, 6.45) is 20.7. The van der Waals surface area contributed by atoms with E-state index in [1.54, 1.807) is 0 Å². The van der Waals surface area contributed by atoms with Crippen LogP contribution in [-0.2, 0) is 19.2 Å². The maximum atomic E-state index is 13.9. The molecule has 4 aliphatic carbocycles. The van der Waals surface area contributed by atoms with Crippen LogP contribution >= 0.6 is 0 Å². The fourth-order valence-corrected chi connectivity index (χ4v) is 10.5. The molecule has 0 aromatic carbocycles. The minimum Gasteiger partial charge on any atom is -0.400 e. The number of amides is 2. The summed E-state index contributed by atoms with van der Waals surface area (Å²) in [4.78, 5) is 32.9. The molecular weight excluding hydrogens is 667 g/mol. The number of hydroxylamine groups is 2. The van der Waals surface area contributed by atoms with E-state index < -0.39 is 0 Å². The van der Waals surface area contributed by atoms with Crippen LogP contribution in [0, 0.1) is 46.8 Å². The van der Waals surface area contributed by atoms with Gasteiger partial charge in [-0.25, -0.2) is 0 Å². The number of nitrogens with two attached hydrogens (primary N) is 1. The van der Waals surface area contributed by atoms with Crippen molar-refractivity contribution in [3.05, 3.63) is 0 Å². The lowest BCUT2D eigenvalue weighted by Crippen LogP contribution is -2.51. The van der Waals surface area contributed by atoms with Crippen molar-refractivity contribution in [2.75, 3.05) is 68.7 Å². The molecule has 53 heavy (non-hydrogen) atoms. The lowest BCUT2D eigenvalue weighted by molar-refractivity contribution is -0.145. The molecule has 0 aromatic rings. The minimum atomic E-state index is 0.0944. The Labute approximate surface area is 326 Å². The Bertz CT molecular complexity index is 986. The van der Waals surface area contributed by atoms with Crippen molar-refractivity contribution in [3.8, 4) is 0 Å². The second-order valence-corrected chi connectivity index (χ2v) is 18.5. The van der Waals surface area contributed by atoms with Gasteiger partial charge in [0.05, 0.1) is 12.7 Å². The van der Waals surface area contributed by atoms with Crippen molar-refractivity contribution in [2.45, 2.75) is 149 Å². The quantitative estimate of drug-likeness (QED) is 0.202. The Morgan fingerprint density at radius 2 is 1.66 bits per heavy atom. The van der Waals surface area contributed by atoms with Crippen LogP contribution in [0.3, 0.4) is 0 Å². The summed E-state index contributed by atoms with van der Waals surface area (Å²) >= 11 is 0. The largest absolute Gasteiger partial charge is 0.400 e. The van der Waals surface area contributed by atoms with Crippen LogP contribution < -0.4 is 11.1 Å². The number of nitrogens with zero attached hydrogens (tertiary/aromatic N) is 3. The van der Waals surface area contributed by atoms with E-state index in [0.29, 0.717) is 35.1 Å². The van der Waals surface area contributed by atoms with Gasteiger partial charge in [-0.1, -0.05) is 72.6 Å². The number of methoxy groups -OCH3 is 1. The highest BCUT2D eigenvalue weighted by Crippen LogP contribution is 2.45. The van der Waals surface area contributed by atoms with Gasteiger partial charge in [-0.15, -0.1) is 0 Å². The zero-order chi connectivity index (χ0) is 39.6. The Hall–Kier alpha value is -1.30. The van der Waals surface area contributed by atoms with Gasteiger partial charge in [0, 0.05) is 57.8 Å². The maximum absolute atomic E-state index is 13.9. The Morgan fingerprint density at radius 1 is 0.981 bits per heavy atom. The van der Waals surface area contributed by atoms with Gasteiger partial charge in [-0.05, 0) is 121 Å². The predicted molar refractivity (Wildman–Crippen MR) is 218 cm³/mol. The topological polar surface area (TPSA) is 121 Å². The minimum absolute atomic E-state index is 0.0944. The van der Waals surface area contributed by atoms with Crippen LogP contribution in [-0.4, -0.2) is 119 Å². The number of nitrogens with one attached hydrogen (secondary N) is 1. The van der Waals surface area contributed by atoms with E-state index >= 15 is 0 Å². The number of hydrogen-bond acceptors (Lipinski definition) is 8. The second kappa shape index (κ2) is 25.1. The highest BCUT2D eigenvalue weighted by molar-refractivity contribution is 5.79. The van der Waals surface area contributed by atoms with Gasteiger partial charge >= 0.3 is 0 Å². The summed E-state index contributed by atoms with van der Waals surface area (Å²) in [5.41, 5.74) is 4.78. The molecule has 2 amide bonds. The standard InChI is InChI=1S/C31H58N4O3.C10H20.CH3NO.CH4O/c1-33(2)22-27(17-23-11-7-6-8-12-23)32-31(36)26-18-25(19-28(20-26)34(3)4)29-14-9-13-24(30(29)37-5)21-35-15-10-16-38-35;1-8-5-6-9(2)10(3,4)7-8;2-1-3;1-2/h23-30H,6-22H2,1-5H3,(H,32,36);8-9H,5-7H2,1-4H3;1H,(H2,2,3);2H,1H3. The van der Waals surface area contributed by atoms with Gasteiger partial charge in [-0.2, -0.15) is 5.06 Å². The second-order valence-electron chi connectivity index (χ2n) is 18.5. The van der Waals surface area contributed by atoms with E-state index in [1.807, 2.05) is 7.11 Å². The van der Waals surface area contributed by atoms with E-state index in [0.717, 1.165) is 76.8 Å². The van der Waals surface area contributed by atoms with Crippen molar-refractivity contribution in [1.82, 2.24) is 20.2 Å². The molecule has 10 nitrogen and oxygen atoms in total. The number of carbonyl (C=O) groups is 2. The molecule has 9 unspecified atom stereocenters. The number of likely N-dealkylation sites (N-methyl/N-ethyl adjacent to an activating group) is 1. The van der Waals surface area contributed by atoms with Gasteiger partial charge < -0.3 is 30.7 Å². The Kier molecular flexibility index (Phi) is 22.6. The lowest BCUT2D eigenvalue weighted by Gasteiger charge is -2.47. The highest BCUT2D eigenvalue weighted by Gasteiger charge is 2.44. The molecule has 0 radical (unpaired) electrons. The molecule has 9 atom stereocenters. The normalized spacial score (nSPS) is 32.6. The van der Waals surface area contributed by atoms with Crippen LogP contribution in [0.2, 0.25) is 0 Å². The number of carbonyl (C=O) groups excluding carboxylic acids is 2. The van der Waals surface area contributed by atoms with E-state index in [9.17, 15) is 4.79 Å². The predicted octanol–water partition coefficient (Wildman–Crippen LogP) is 6.60. The van der Waals surface area contributed by atoms with Crippen molar-refractivity contribution in [3.63, 3.8) is 0 Å². The molecular formula is C43H85N5O5. The van der Waals surface area contributed by atoms with Gasteiger partial charge in [0.15, 0.2) is 0 Å². The van der Waals surface area contributed by atoms with E-state index in [-0.39, 0.29) is 24.5 Å². The zero-order valence-electron chi connectivity index (χ0n) is 36.0. The average molecular weight is 752 g/mol. The number of primary amides is 1. The molecule has 312 valence electrons. The number of ether oxygens (including phenoxy) is 1. The van der Waals surface area contributed by atoms with Crippen LogP contribution in [0.4, 0.5) is 0 Å². The third kappa shape index (κ3) is 16.4. The maximum Gasteiger partial charge on any atom is 0.223 e. The van der Waals surface area contributed by atoms with E-state index in [1.165, 1.54) is 77.0 Å². The Morgan fingerprint density at radius 3 is 2.21 bits per heavy atom. The summed E-state index contributed by atoms with van der Waals surface area (Å²) < 4.78 is 6.26. The number of aliphatic hydroxyl groups is 1. The molecule has 1 aliphatic heterocycles. The molecule has 5 rings (SSSR count). The van der Waals surface area contributed by atoms with Gasteiger partial charge in [-0.3, -0.25) is 14.4 Å². The summed E-state index contributed by atoms with van der Waals surface area (Å²) in [7, 11) is 11.6. The van der Waals surface area contributed by atoms with E-state index in [4.69, 9.17) is 19.5 Å².